The van der Waals surface area contributed by atoms with Gasteiger partial charge in [-0.05, 0) is 87.1 Å². The van der Waals surface area contributed by atoms with Crippen molar-refractivity contribution >= 4 is 63.2 Å². The maximum absolute atomic E-state index is 14.4. The Bertz CT molecular complexity index is 3240. The van der Waals surface area contributed by atoms with E-state index in [0.29, 0.717) is 60.3 Å². The van der Waals surface area contributed by atoms with Gasteiger partial charge in [0.05, 0.1) is 36.5 Å². The number of hydrogen-bond acceptors (Lipinski definition) is 13. The zero-order valence-electron chi connectivity index (χ0n) is 42.7. The van der Waals surface area contributed by atoms with Crippen molar-refractivity contribution in [3.05, 3.63) is 112 Å². The lowest BCUT2D eigenvalue weighted by molar-refractivity contribution is -0.139. The van der Waals surface area contributed by atoms with E-state index in [1.165, 1.54) is 12.0 Å². The molecule has 1 aliphatic carbocycles. The van der Waals surface area contributed by atoms with Crippen LogP contribution in [0.4, 0.5) is 16.4 Å². The molecule has 5 amide bonds. The van der Waals surface area contributed by atoms with Crippen LogP contribution in [0.2, 0.25) is 0 Å². The second-order valence-corrected chi connectivity index (χ2v) is 20.2. The number of carbonyl (C=O) groups is 5. The van der Waals surface area contributed by atoms with Crippen LogP contribution in [0.25, 0.3) is 32.9 Å². The Balaban J connectivity index is 0.867. The van der Waals surface area contributed by atoms with E-state index in [9.17, 15) is 28.8 Å². The molecule has 0 spiro atoms. The lowest BCUT2D eigenvalue weighted by Gasteiger charge is -2.49. The molecule has 0 radical (unpaired) electrons. The van der Waals surface area contributed by atoms with Gasteiger partial charge >= 0.3 is 12.0 Å². The fourth-order valence-corrected chi connectivity index (χ4v) is 11.0. The molecule has 3 aromatic heterocycles. The van der Waals surface area contributed by atoms with E-state index in [-0.39, 0.29) is 68.0 Å². The number of nitrogens with two attached hydrogens (primary N) is 1. The Hall–Kier alpha value is -7.68. The third kappa shape index (κ3) is 9.92. The number of urea groups is 1. The molecule has 4 aliphatic rings. The van der Waals surface area contributed by atoms with Crippen molar-refractivity contribution < 1.29 is 38.6 Å². The largest absolute Gasteiger partial charge is 0.495 e. The number of fused-ring (bicyclic) bond motifs is 2. The van der Waals surface area contributed by atoms with Crippen LogP contribution < -0.4 is 31.1 Å². The Kier molecular flexibility index (Phi) is 14.2. The van der Waals surface area contributed by atoms with Crippen LogP contribution >= 0.6 is 0 Å². The summed E-state index contributed by atoms with van der Waals surface area (Å²) < 4.78 is 14.3. The smallest absolute Gasteiger partial charge is 0.332 e. The van der Waals surface area contributed by atoms with Gasteiger partial charge in [0, 0.05) is 112 Å². The van der Waals surface area contributed by atoms with Crippen molar-refractivity contribution in [3.63, 3.8) is 0 Å². The van der Waals surface area contributed by atoms with E-state index in [2.05, 4.69) is 52.1 Å². The van der Waals surface area contributed by atoms with Crippen LogP contribution in [0.15, 0.2) is 90.0 Å². The maximum Gasteiger partial charge on any atom is 0.332 e. The van der Waals surface area contributed by atoms with Crippen LogP contribution in [0, 0.1) is 0 Å². The molecule has 0 unspecified atom stereocenters. The Morgan fingerprint density at radius 2 is 1.67 bits per heavy atom. The van der Waals surface area contributed by atoms with Gasteiger partial charge in [0.1, 0.15) is 23.5 Å². The number of imide groups is 1. The fraction of sp³-hybridized carbons (Fsp3) is 0.418. The number of carboxylic acid groups (broad SMARTS) is 1. The minimum Gasteiger partial charge on any atom is -0.495 e. The SMILES string of the molecule is COc1ccc(C(=O)N2C[C@H](C)N(C3CCN(c4nc([C@@](CN)(OC5CC5)c5ccccc5)c5cc(-c6cn(C)c(=O)c7[nH]ccc67)ccc5n4)CC3)C[C@H]2C)cc1N1CCC(=O)N(CNC(=O)CCC(=O)O)C1=O. The number of H-pyrrole nitrogens is 1. The first-order valence-corrected chi connectivity index (χ1v) is 25.7. The molecule has 3 aromatic carbocycles. The molecule has 10 rings (SSSR count). The van der Waals surface area contributed by atoms with Crippen LogP contribution in [-0.2, 0) is 31.8 Å². The van der Waals surface area contributed by atoms with Crippen LogP contribution in [0.3, 0.4) is 0 Å². The molecule has 0 bridgehead atoms. The van der Waals surface area contributed by atoms with E-state index in [0.717, 1.165) is 63.6 Å². The number of aliphatic carboxylic acids is 1. The summed E-state index contributed by atoms with van der Waals surface area (Å²) >= 11 is 0. The number of piperidine rings is 1. The summed E-state index contributed by atoms with van der Waals surface area (Å²) in [6, 6.07) is 22.5. The Morgan fingerprint density at radius 3 is 2.39 bits per heavy atom. The summed E-state index contributed by atoms with van der Waals surface area (Å²) in [6.07, 6.45) is 6.52. The van der Waals surface area contributed by atoms with Crippen molar-refractivity contribution in [2.75, 3.05) is 62.8 Å². The standard InChI is InChI=1S/C55H63N11O9/c1-33-29-65(51(71)36-11-15-45(74-4)44(27-36)63-25-21-47(68)66(54(63)73)32-58-46(67)16-17-48(69)70)34(2)28-64(33)38-19-23-62(24-20-38)53-59-43-14-10-35(42-30-61(3)52(72)49-40(42)18-22-57-49)26-41(43)50(60-53)55(31-56,75-39-12-13-39)37-8-6-5-7-9-37/h5-11,14-15,18,22,26-27,30,33-34,38-39,57H,12-13,16-17,19-21,23-25,28-29,31-32,56H2,1-4H3,(H,58,67)(H,69,70)/t33-,34+,55-/m0/s1. The highest BCUT2D eigenvalue weighted by Gasteiger charge is 2.44. The summed E-state index contributed by atoms with van der Waals surface area (Å²) in [5.74, 6) is -1.51. The monoisotopic (exact) mass is 1020 g/mol. The molecular formula is C55H63N11O9. The molecule has 6 heterocycles. The molecule has 20 heteroatoms. The highest BCUT2D eigenvalue weighted by molar-refractivity contribution is 6.07. The Labute approximate surface area is 433 Å². The average Bonchev–Trinajstić information content (AvgIpc) is 4.11. The Morgan fingerprint density at radius 1 is 0.893 bits per heavy atom. The van der Waals surface area contributed by atoms with E-state index in [4.69, 9.17) is 30.3 Å². The summed E-state index contributed by atoms with van der Waals surface area (Å²) in [5, 5.41) is 13.0. The van der Waals surface area contributed by atoms with Crippen LogP contribution in [-0.4, -0.2) is 146 Å². The van der Waals surface area contributed by atoms with Gasteiger partial charge in [0.2, 0.25) is 17.8 Å². The zero-order chi connectivity index (χ0) is 52.7. The highest BCUT2D eigenvalue weighted by atomic mass is 16.5. The first kappa shape index (κ1) is 50.8. The van der Waals surface area contributed by atoms with E-state index >= 15 is 0 Å². The van der Waals surface area contributed by atoms with E-state index in [1.807, 2.05) is 47.5 Å². The summed E-state index contributed by atoms with van der Waals surface area (Å²) in [4.78, 5) is 100. The molecule has 4 fully saturated rings. The topological polar surface area (TPSA) is 242 Å². The number of carbonyl (C=O) groups excluding carboxylic acids is 4. The van der Waals surface area contributed by atoms with E-state index in [1.54, 1.807) is 36.0 Å². The second-order valence-electron chi connectivity index (χ2n) is 20.2. The number of aromatic amines is 1. The number of pyridine rings is 1. The quantitative estimate of drug-likeness (QED) is 0.0979. The van der Waals surface area contributed by atoms with Crippen LogP contribution in [0.5, 0.6) is 5.75 Å². The number of piperazine rings is 1. The normalized spacial score (nSPS) is 19.7. The molecule has 1 saturated carbocycles. The lowest BCUT2D eigenvalue weighted by atomic mass is 9.86. The average molecular weight is 1020 g/mol. The number of aromatic nitrogens is 4. The molecule has 3 aliphatic heterocycles. The number of carboxylic acids is 1. The number of rotatable bonds is 16. The van der Waals surface area contributed by atoms with Crippen molar-refractivity contribution in [2.24, 2.45) is 12.8 Å². The molecule has 3 saturated heterocycles. The predicted octanol–water partition coefficient (Wildman–Crippen LogP) is 5.17. The van der Waals surface area contributed by atoms with Gasteiger partial charge in [0.15, 0.2) is 0 Å². The van der Waals surface area contributed by atoms with Gasteiger partial charge in [-0.2, -0.15) is 0 Å². The highest BCUT2D eigenvalue weighted by Crippen LogP contribution is 2.43. The fourth-order valence-electron chi connectivity index (χ4n) is 11.0. The lowest BCUT2D eigenvalue weighted by Crippen LogP contribution is -2.61. The molecule has 5 N–H and O–H groups in total. The van der Waals surface area contributed by atoms with Crippen molar-refractivity contribution in [1.29, 1.82) is 0 Å². The first-order valence-electron chi connectivity index (χ1n) is 25.7. The molecule has 6 aromatic rings. The minimum atomic E-state index is -1.14. The maximum atomic E-state index is 14.4. The number of methoxy groups -OCH3 is 1. The van der Waals surface area contributed by atoms with Crippen molar-refractivity contribution in [2.45, 2.75) is 88.6 Å². The molecule has 3 atom stereocenters. The summed E-state index contributed by atoms with van der Waals surface area (Å²) in [5.41, 5.74) is 11.1. The number of nitrogens with one attached hydrogen (secondary N) is 2. The molecular weight excluding hydrogens is 959 g/mol. The third-order valence-corrected chi connectivity index (χ3v) is 15.2. The van der Waals surface area contributed by atoms with Crippen molar-refractivity contribution in [3.8, 4) is 16.9 Å². The van der Waals surface area contributed by atoms with Gasteiger partial charge < -0.3 is 45.0 Å². The number of hydrogen-bond donors (Lipinski definition) is 4. The molecule has 20 nitrogen and oxygen atoms in total. The molecule has 75 heavy (non-hydrogen) atoms. The third-order valence-electron chi connectivity index (χ3n) is 15.2. The second kappa shape index (κ2) is 20.9. The number of amides is 5. The number of nitrogens with zero attached hydrogens (tertiary/aromatic N) is 8. The zero-order valence-corrected chi connectivity index (χ0v) is 42.7. The summed E-state index contributed by atoms with van der Waals surface area (Å²) in [7, 11) is 3.21. The summed E-state index contributed by atoms with van der Waals surface area (Å²) in [6.45, 7) is 6.48. The predicted molar refractivity (Wildman–Crippen MR) is 281 cm³/mol. The van der Waals surface area contributed by atoms with E-state index < -0.39 is 36.1 Å². The van der Waals surface area contributed by atoms with Gasteiger partial charge in [0.25, 0.3) is 11.5 Å². The number of benzene rings is 3. The van der Waals surface area contributed by atoms with Gasteiger partial charge in [-0.25, -0.2) is 19.7 Å². The minimum absolute atomic E-state index is 0.0289. The first-order chi connectivity index (χ1) is 36.2. The van der Waals surface area contributed by atoms with Gasteiger partial charge in [-0.3, -0.25) is 33.8 Å². The van der Waals surface area contributed by atoms with Gasteiger partial charge in [-0.1, -0.05) is 36.4 Å². The number of anilines is 2. The number of aryl methyl sites for hydroxylation is 1. The molecule has 392 valence electrons. The van der Waals surface area contributed by atoms with Gasteiger partial charge in [-0.15, -0.1) is 0 Å². The number of ether oxygens (including phenoxy) is 2. The van der Waals surface area contributed by atoms with Crippen molar-refractivity contribution in [1.82, 2.24) is 39.5 Å². The van der Waals surface area contributed by atoms with Crippen LogP contribution in [0.1, 0.15) is 80.4 Å².